The van der Waals surface area contributed by atoms with Crippen molar-refractivity contribution in [2.45, 2.75) is 71.1 Å². The first-order valence-electron chi connectivity index (χ1n) is 6.67. The van der Waals surface area contributed by atoms with Crippen molar-refractivity contribution >= 4 is 0 Å². The molecular formula is C14H26O2. The average molecular weight is 226 g/mol. The van der Waals surface area contributed by atoms with Gasteiger partial charge in [-0.25, -0.2) is 0 Å². The van der Waals surface area contributed by atoms with E-state index in [0.717, 1.165) is 6.42 Å². The summed E-state index contributed by atoms with van der Waals surface area (Å²) in [4.78, 5) is 0. The summed E-state index contributed by atoms with van der Waals surface area (Å²) in [6.07, 6.45) is 17.1. The van der Waals surface area contributed by atoms with Gasteiger partial charge >= 0.3 is 0 Å². The minimum Gasteiger partial charge on any atom is -0.460 e. The zero-order valence-corrected chi connectivity index (χ0v) is 10.6. The van der Waals surface area contributed by atoms with E-state index < -0.39 is 0 Å². The molecule has 0 saturated carbocycles. The molecule has 0 fully saturated rings. The van der Waals surface area contributed by atoms with Crippen LogP contribution in [0.1, 0.15) is 71.1 Å². The highest BCUT2D eigenvalue weighted by Gasteiger charge is 1.92. The predicted octanol–water partition coefficient (Wildman–Crippen LogP) is 4.21. The summed E-state index contributed by atoms with van der Waals surface area (Å²) in [6, 6.07) is 0. The lowest BCUT2D eigenvalue weighted by Crippen LogP contribution is -1.88. The first-order valence-corrected chi connectivity index (χ1v) is 6.67. The van der Waals surface area contributed by atoms with Crippen molar-refractivity contribution in [2.75, 3.05) is 6.61 Å². The van der Waals surface area contributed by atoms with E-state index in [1.165, 1.54) is 57.8 Å². The van der Waals surface area contributed by atoms with Gasteiger partial charge < -0.3 is 9.84 Å². The lowest BCUT2D eigenvalue weighted by atomic mass is 10.1. The molecule has 0 aromatic rings. The van der Waals surface area contributed by atoms with E-state index in [4.69, 9.17) is 9.84 Å². The fourth-order valence-corrected chi connectivity index (χ4v) is 1.74. The van der Waals surface area contributed by atoms with Crippen molar-refractivity contribution in [3.05, 3.63) is 0 Å². The van der Waals surface area contributed by atoms with E-state index in [2.05, 4.69) is 13.0 Å². The summed E-state index contributed by atoms with van der Waals surface area (Å²) in [5.41, 5.74) is 0. The molecule has 0 amide bonds. The van der Waals surface area contributed by atoms with Crippen LogP contribution in [0.2, 0.25) is 0 Å². The highest BCUT2D eigenvalue weighted by Crippen LogP contribution is 2.10. The molecule has 0 unspecified atom stereocenters. The molecule has 0 aliphatic rings. The second kappa shape index (κ2) is 14.2. The predicted molar refractivity (Wildman–Crippen MR) is 67.5 cm³/mol. The third-order valence-corrected chi connectivity index (χ3v) is 2.72. The Hall–Kier alpha value is -0.840. The molecule has 2 nitrogen and oxygen atoms in total. The van der Waals surface area contributed by atoms with E-state index in [1.54, 1.807) is 6.11 Å². The van der Waals surface area contributed by atoms with Gasteiger partial charge in [0.2, 0.25) is 0 Å². The number of unbranched alkanes of at least 4 members (excludes halogenated alkanes) is 9. The van der Waals surface area contributed by atoms with Crippen molar-refractivity contribution in [3.8, 4) is 12.2 Å². The molecule has 0 atom stereocenters. The van der Waals surface area contributed by atoms with Crippen LogP contribution in [0.15, 0.2) is 0 Å². The number of ether oxygens (including phenoxy) is 1. The number of hydrogen-bond acceptors (Lipinski definition) is 2. The summed E-state index contributed by atoms with van der Waals surface area (Å²) in [5, 5.41) is 8.14. The molecule has 0 aromatic carbocycles. The van der Waals surface area contributed by atoms with Crippen LogP contribution >= 0.6 is 0 Å². The van der Waals surface area contributed by atoms with Crippen LogP contribution in [0.4, 0.5) is 0 Å². The largest absolute Gasteiger partial charge is 0.460 e. The van der Waals surface area contributed by atoms with Crippen LogP contribution in [-0.2, 0) is 4.74 Å². The zero-order chi connectivity index (χ0) is 11.9. The fourth-order valence-electron chi connectivity index (χ4n) is 1.74. The third-order valence-electron chi connectivity index (χ3n) is 2.72. The Labute approximate surface area is 100 Å². The Morgan fingerprint density at radius 3 is 1.81 bits per heavy atom. The van der Waals surface area contributed by atoms with Crippen LogP contribution in [0.3, 0.4) is 0 Å². The van der Waals surface area contributed by atoms with Gasteiger partial charge in [-0.15, -0.1) is 0 Å². The average Bonchev–Trinajstić information content (AvgIpc) is 2.31. The molecule has 0 aliphatic carbocycles. The van der Waals surface area contributed by atoms with E-state index >= 15 is 0 Å². The van der Waals surface area contributed by atoms with E-state index in [-0.39, 0.29) is 0 Å². The summed E-state index contributed by atoms with van der Waals surface area (Å²) < 4.78 is 4.84. The van der Waals surface area contributed by atoms with Crippen LogP contribution < -0.4 is 0 Å². The number of rotatable bonds is 11. The highest BCUT2D eigenvalue weighted by molar-refractivity contribution is 4.76. The van der Waals surface area contributed by atoms with E-state index in [9.17, 15) is 0 Å². The zero-order valence-electron chi connectivity index (χ0n) is 10.6. The van der Waals surface area contributed by atoms with Crippen LogP contribution in [0.5, 0.6) is 0 Å². The maximum Gasteiger partial charge on any atom is 0.154 e. The van der Waals surface area contributed by atoms with E-state index in [0.29, 0.717) is 6.61 Å². The monoisotopic (exact) mass is 226 g/mol. The number of hydrogen-bond donors (Lipinski definition) is 1. The summed E-state index contributed by atoms with van der Waals surface area (Å²) in [5.74, 6) is 0. The highest BCUT2D eigenvalue weighted by atomic mass is 16.5. The van der Waals surface area contributed by atoms with Gasteiger partial charge in [0.05, 0.1) is 0 Å². The normalized spacial score (nSPS) is 9.56. The molecule has 0 spiro atoms. The second-order valence-electron chi connectivity index (χ2n) is 4.24. The smallest absolute Gasteiger partial charge is 0.154 e. The van der Waals surface area contributed by atoms with E-state index in [1.807, 2.05) is 0 Å². The molecule has 1 N–H and O–H groups in total. The van der Waals surface area contributed by atoms with Gasteiger partial charge in [0.1, 0.15) is 6.61 Å². The van der Waals surface area contributed by atoms with Gasteiger partial charge in [-0.2, -0.15) is 0 Å². The molecule has 0 radical (unpaired) electrons. The van der Waals surface area contributed by atoms with Crippen molar-refractivity contribution in [2.24, 2.45) is 0 Å². The van der Waals surface area contributed by atoms with Crippen molar-refractivity contribution < 1.29 is 9.84 Å². The first kappa shape index (κ1) is 15.2. The molecule has 0 saturated heterocycles. The molecule has 0 rings (SSSR count). The molecule has 2 heteroatoms. The summed E-state index contributed by atoms with van der Waals surface area (Å²) >= 11 is 0. The lowest BCUT2D eigenvalue weighted by molar-refractivity contribution is 0.262. The molecule has 0 heterocycles. The third kappa shape index (κ3) is 13.2. The SMILES string of the molecule is CCCCCCCCCCCCOC#CO. The Morgan fingerprint density at radius 1 is 0.812 bits per heavy atom. The quantitative estimate of drug-likeness (QED) is 0.422. The molecular weight excluding hydrogens is 200 g/mol. The maximum absolute atomic E-state index is 8.14. The van der Waals surface area contributed by atoms with Gasteiger partial charge in [0, 0.05) is 0 Å². The van der Waals surface area contributed by atoms with Gasteiger partial charge in [-0.3, -0.25) is 0 Å². The maximum atomic E-state index is 8.14. The topological polar surface area (TPSA) is 29.5 Å². The molecule has 0 aliphatic heterocycles. The van der Waals surface area contributed by atoms with Crippen LogP contribution in [0.25, 0.3) is 0 Å². The van der Waals surface area contributed by atoms with Gasteiger partial charge in [-0.05, 0) is 6.42 Å². The lowest BCUT2D eigenvalue weighted by Gasteiger charge is -2.01. The molecule has 0 bridgehead atoms. The molecule has 16 heavy (non-hydrogen) atoms. The van der Waals surface area contributed by atoms with Gasteiger partial charge in [0.25, 0.3) is 0 Å². The fraction of sp³-hybridized carbons (Fsp3) is 0.857. The standard InChI is InChI=1S/C14H26O2/c1-2-3-4-5-6-7-8-9-10-11-13-16-14-12-15/h15H,2-11,13H2,1H3. The van der Waals surface area contributed by atoms with Gasteiger partial charge in [-0.1, -0.05) is 64.7 Å². The van der Waals surface area contributed by atoms with Crippen molar-refractivity contribution in [1.82, 2.24) is 0 Å². The Kier molecular flexibility index (Phi) is 13.4. The molecule has 0 aromatic heterocycles. The Morgan fingerprint density at radius 2 is 1.31 bits per heavy atom. The first-order chi connectivity index (χ1) is 7.91. The minimum atomic E-state index is 0.643. The summed E-state index contributed by atoms with van der Waals surface area (Å²) in [7, 11) is 0. The van der Waals surface area contributed by atoms with Crippen LogP contribution in [0, 0.1) is 12.2 Å². The van der Waals surface area contributed by atoms with Crippen LogP contribution in [-0.4, -0.2) is 11.7 Å². The summed E-state index contributed by atoms with van der Waals surface area (Å²) in [6.45, 7) is 2.90. The Balaban J connectivity index is 2.89. The minimum absolute atomic E-state index is 0.643. The van der Waals surface area contributed by atoms with Crippen molar-refractivity contribution in [3.63, 3.8) is 0 Å². The number of aliphatic hydroxyl groups excluding tert-OH is 1. The van der Waals surface area contributed by atoms with Crippen molar-refractivity contribution in [1.29, 1.82) is 0 Å². The second-order valence-corrected chi connectivity index (χ2v) is 4.24. The molecule has 94 valence electrons. The van der Waals surface area contributed by atoms with Gasteiger partial charge in [0.15, 0.2) is 12.2 Å². The Bertz CT molecular complexity index is 179. The number of aliphatic hydroxyl groups is 1.